The van der Waals surface area contributed by atoms with Gasteiger partial charge in [-0.15, -0.1) is 11.3 Å². The Balaban J connectivity index is 2.14. The number of anilines is 1. The van der Waals surface area contributed by atoms with Gasteiger partial charge in [0.25, 0.3) is 5.91 Å². The Kier molecular flexibility index (Phi) is 5.06. The summed E-state index contributed by atoms with van der Waals surface area (Å²) in [7, 11) is 0. The second-order valence-electron chi connectivity index (χ2n) is 6.00. The maximum absolute atomic E-state index is 13.1. The highest BCUT2D eigenvalue weighted by molar-refractivity contribution is 7.10. The van der Waals surface area contributed by atoms with Crippen LogP contribution in [0.25, 0.3) is 6.08 Å². The number of Topliss-reactive ketones (excluding diaryl/α,β-unsaturated/α-hetero) is 1. The van der Waals surface area contributed by atoms with Crippen molar-refractivity contribution in [2.24, 2.45) is 0 Å². The van der Waals surface area contributed by atoms with Crippen molar-refractivity contribution in [3.8, 4) is 0 Å². The van der Waals surface area contributed by atoms with E-state index in [0.717, 1.165) is 17.0 Å². The smallest absolute Gasteiger partial charge is 0.294 e. The van der Waals surface area contributed by atoms with Crippen molar-refractivity contribution in [1.29, 1.82) is 0 Å². The number of allylic oxidation sites excluding steroid dienone is 1. The van der Waals surface area contributed by atoms with Crippen LogP contribution >= 0.6 is 11.3 Å². The summed E-state index contributed by atoms with van der Waals surface area (Å²) in [5.74, 6) is -0.727. The molecule has 2 aromatic rings. The third-order valence-electron chi connectivity index (χ3n) is 4.26. The molecule has 1 amide bonds. The topological polar surface area (TPSA) is 37.4 Å². The van der Waals surface area contributed by atoms with E-state index < -0.39 is 17.6 Å². The fourth-order valence-electron chi connectivity index (χ4n) is 3.00. The lowest BCUT2D eigenvalue weighted by atomic mass is 10.0. The van der Waals surface area contributed by atoms with Crippen LogP contribution in [0.3, 0.4) is 0 Å². The van der Waals surface area contributed by atoms with Crippen LogP contribution in [0.5, 0.6) is 0 Å². The average molecular weight is 391 g/mol. The van der Waals surface area contributed by atoms with Crippen molar-refractivity contribution in [2.45, 2.75) is 26.4 Å². The number of carbonyl (C=O) groups is 2. The van der Waals surface area contributed by atoms with Gasteiger partial charge in [-0.2, -0.15) is 13.2 Å². The molecule has 2 heterocycles. The molecule has 0 radical (unpaired) electrons. The van der Waals surface area contributed by atoms with E-state index in [2.05, 4.69) is 0 Å². The number of benzene rings is 1. The average Bonchev–Trinajstić information content (AvgIpc) is 3.21. The molecule has 0 saturated heterocycles. The lowest BCUT2D eigenvalue weighted by Crippen LogP contribution is -2.24. The highest BCUT2D eigenvalue weighted by Gasteiger charge is 2.38. The lowest BCUT2D eigenvalue weighted by Gasteiger charge is -2.19. The van der Waals surface area contributed by atoms with E-state index in [4.69, 9.17) is 0 Å². The molecule has 140 valence electrons. The third kappa shape index (κ3) is 3.60. The Hall–Kier alpha value is -2.67. The molecule has 7 heteroatoms. The van der Waals surface area contributed by atoms with E-state index >= 15 is 0 Å². The summed E-state index contributed by atoms with van der Waals surface area (Å²) in [6, 6.07) is 8.17. The van der Waals surface area contributed by atoms with Gasteiger partial charge >= 0.3 is 6.18 Å². The van der Waals surface area contributed by atoms with E-state index in [1.165, 1.54) is 28.4 Å². The monoisotopic (exact) mass is 391 g/mol. The van der Waals surface area contributed by atoms with Crippen LogP contribution in [0.1, 0.15) is 30.7 Å². The maximum Gasteiger partial charge on any atom is 0.416 e. The first-order chi connectivity index (χ1) is 12.7. The number of halogens is 3. The van der Waals surface area contributed by atoms with Gasteiger partial charge in [-0.1, -0.05) is 19.1 Å². The van der Waals surface area contributed by atoms with E-state index in [1.807, 2.05) is 11.4 Å². The van der Waals surface area contributed by atoms with Gasteiger partial charge in [-0.25, -0.2) is 0 Å². The van der Waals surface area contributed by atoms with Gasteiger partial charge in [-0.05, 0) is 42.6 Å². The summed E-state index contributed by atoms with van der Waals surface area (Å²) < 4.78 is 39.2. The van der Waals surface area contributed by atoms with Gasteiger partial charge in [0, 0.05) is 22.7 Å². The van der Waals surface area contributed by atoms with Crippen molar-refractivity contribution in [3.05, 3.63) is 69.1 Å². The molecule has 0 aliphatic carbocycles. The standard InChI is InChI=1S/C20H16F3NO2S/c1-3-17(25)18-12(2)24(14-7-4-6-13(10-14)20(21,22)23)19(26)16(18)11-15-8-5-9-27-15/h4-11H,3H2,1-2H3. The largest absolute Gasteiger partial charge is 0.416 e. The SMILES string of the molecule is CCC(=O)C1=C(C)N(c2cccc(C(F)(F)F)c2)C(=O)C1=Cc1cccs1. The number of carbonyl (C=O) groups excluding carboxylic acids is 2. The van der Waals surface area contributed by atoms with Crippen LogP contribution in [0.15, 0.2) is 58.6 Å². The molecule has 3 nitrogen and oxygen atoms in total. The van der Waals surface area contributed by atoms with Crippen LogP contribution in [-0.4, -0.2) is 11.7 Å². The van der Waals surface area contributed by atoms with Gasteiger partial charge in [0.05, 0.1) is 16.7 Å². The highest BCUT2D eigenvalue weighted by atomic mass is 32.1. The molecule has 0 spiro atoms. The first-order valence-corrected chi connectivity index (χ1v) is 9.13. The van der Waals surface area contributed by atoms with Gasteiger partial charge in [0.1, 0.15) is 0 Å². The summed E-state index contributed by atoms with van der Waals surface area (Å²) in [4.78, 5) is 27.4. The minimum Gasteiger partial charge on any atom is -0.294 e. The number of ketones is 1. The van der Waals surface area contributed by atoms with Gasteiger partial charge < -0.3 is 0 Å². The lowest BCUT2D eigenvalue weighted by molar-refractivity contribution is -0.137. The molecule has 0 bridgehead atoms. The third-order valence-corrected chi connectivity index (χ3v) is 5.08. The van der Waals surface area contributed by atoms with E-state index in [9.17, 15) is 22.8 Å². The minimum atomic E-state index is -4.52. The summed E-state index contributed by atoms with van der Waals surface area (Å²) in [5.41, 5.74) is 0.0458. The van der Waals surface area contributed by atoms with Gasteiger partial charge in [0.15, 0.2) is 5.78 Å². The number of hydrogen-bond donors (Lipinski definition) is 0. The number of rotatable bonds is 4. The van der Waals surface area contributed by atoms with Crippen molar-refractivity contribution in [1.82, 2.24) is 0 Å². The molecule has 1 aliphatic rings. The number of alkyl halides is 3. The zero-order chi connectivity index (χ0) is 19.8. The Labute approximate surface area is 158 Å². The summed E-state index contributed by atoms with van der Waals surface area (Å²) in [6.07, 6.45) is -2.71. The van der Waals surface area contributed by atoms with Crippen LogP contribution in [0.4, 0.5) is 18.9 Å². The Morgan fingerprint density at radius 1 is 1.22 bits per heavy atom. The summed E-state index contributed by atoms with van der Waals surface area (Å²) >= 11 is 1.41. The number of hydrogen-bond acceptors (Lipinski definition) is 3. The molecule has 1 aromatic carbocycles. The molecule has 0 saturated carbocycles. The molecule has 0 N–H and O–H groups in total. The normalized spacial score (nSPS) is 16.6. The summed E-state index contributed by atoms with van der Waals surface area (Å²) in [5, 5.41) is 1.84. The number of amides is 1. The Morgan fingerprint density at radius 3 is 2.56 bits per heavy atom. The zero-order valence-electron chi connectivity index (χ0n) is 14.6. The fourth-order valence-corrected chi connectivity index (χ4v) is 3.65. The molecule has 1 aliphatic heterocycles. The summed E-state index contributed by atoms with van der Waals surface area (Å²) in [6.45, 7) is 3.26. The van der Waals surface area contributed by atoms with Crippen molar-refractivity contribution < 1.29 is 22.8 Å². The van der Waals surface area contributed by atoms with E-state index in [0.29, 0.717) is 5.70 Å². The van der Waals surface area contributed by atoms with Crippen molar-refractivity contribution in [2.75, 3.05) is 4.90 Å². The first kappa shape index (κ1) is 19.1. The first-order valence-electron chi connectivity index (χ1n) is 8.25. The zero-order valence-corrected chi connectivity index (χ0v) is 15.4. The fraction of sp³-hybridized carbons (Fsp3) is 0.200. The molecule has 0 fully saturated rings. The van der Waals surface area contributed by atoms with Crippen molar-refractivity contribution >= 4 is 34.8 Å². The van der Waals surface area contributed by atoms with Crippen LogP contribution < -0.4 is 4.90 Å². The number of nitrogens with zero attached hydrogens (tertiary/aromatic N) is 1. The van der Waals surface area contributed by atoms with Crippen LogP contribution in [0.2, 0.25) is 0 Å². The van der Waals surface area contributed by atoms with Crippen LogP contribution in [0, 0.1) is 0 Å². The highest BCUT2D eigenvalue weighted by Crippen LogP contribution is 2.38. The van der Waals surface area contributed by atoms with E-state index in [-0.39, 0.29) is 29.0 Å². The predicted molar refractivity (Wildman–Crippen MR) is 99.2 cm³/mol. The molecule has 27 heavy (non-hydrogen) atoms. The molecule has 3 rings (SSSR count). The second-order valence-corrected chi connectivity index (χ2v) is 6.98. The molecular formula is C20H16F3NO2S. The van der Waals surface area contributed by atoms with Gasteiger partial charge in [0.2, 0.25) is 0 Å². The molecule has 0 atom stereocenters. The predicted octanol–water partition coefficient (Wildman–Crippen LogP) is 5.45. The number of thiophene rings is 1. The molecule has 0 unspecified atom stereocenters. The molecule has 1 aromatic heterocycles. The quantitative estimate of drug-likeness (QED) is 0.650. The Morgan fingerprint density at radius 2 is 1.96 bits per heavy atom. The van der Waals surface area contributed by atoms with Gasteiger partial charge in [-0.3, -0.25) is 14.5 Å². The Bertz CT molecular complexity index is 956. The minimum absolute atomic E-state index is 0.0864. The maximum atomic E-state index is 13.1. The van der Waals surface area contributed by atoms with Crippen molar-refractivity contribution in [3.63, 3.8) is 0 Å². The van der Waals surface area contributed by atoms with E-state index in [1.54, 1.807) is 26.0 Å². The van der Waals surface area contributed by atoms with Crippen LogP contribution in [-0.2, 0) is 15.8 Å². The second kappa shape index (κ2) is 7.15. The molecular weight excluding hydrogens is 375 g/mol.